The number of rotatable bonds is 5. The van der Waals surface area contributed by atoms with E-state index >= 15 is 0 Å². The zero-order chi connectivity index (χ0) is 16.1. The summed E-state index contributed by atoms with van der Waals surface area (Å²) >= 11 is 15.6. The van der Waals surface area contributed by atoms with Gasteiger partial charge in [-0.1, -0.05) is 41.4 Å². The number of carbonyl (C=O) groups is 1. The largest absolute Gasteiger partial charge is 0.486 e. The molecular weight excluding hydrogens is 391 g/mol. The second-order valence-electron chi connectivity index (χ2n) is 4.37. The number of hydrogen-bond acceptors (Lipinski definition) is 2. The van der Waals surface area contributed by atoms with Crippen molar-refractivity contribution in [3.05, 3.63) is 68.1 Å². The van der Waals surface area contributed by atoms with Crippen LogP contribution in [0.3, 0.4) is 0 Å². The topological polar surface area (TPSA) is 46.5 Å². The van der Waals surface area contributed by atoms with Crippen molar-refractivity contribution in [3.8, 4) is 5.75 Å². The molecule has 1 N–H and O–H groups in total. The molecule has 0 radical (unpaired) electrons. The molecule has 0 aliphatic heterocycles. The molecule has 0 heterocycles. The van der Waals surface area contributed by atoms with Gasteiger partial charge in [-0.25, -0.2) is 4.79 Å². The SMILES string of the molecule is O=C(O)C=Cc1cc(Cl)c(OCc2ccccc2Cl)c(Br)c1. The number of halogens is 3. The first-order valence-corrected chi connectivity index (χ1v) is 7.78. The third-order valence-corrected chi connectivity index (χ3v) is 4.01. The van der Waals surface area contributed by atoms with Gasteiger partial charge in [0, 0.05) is 16.7 Å². The lowest BCUT2D eigenvalue weighted by molar-refractivity contribution is -0.131. The van der Waals surface area contributed by atoms with E-state index in [2.05, 4.69) is 15.9 Å². The van der Waals surface area contributed by atoms with Crippen LogP contribution in [0, 0.1) is 0 Å². The van der Waals surface area contributed by atoms with E-state index in [0.717, 1.165) is 11.6 Å². The fourth-order valence-corrected chi connectivity index (χ4v) is 2.93. The minimum atomic E-state index is -1.02. The second kappa shape index (κ2) is 7.68. The first-order chi connectivity index (χ1) is 10.5. The molecule has 2 rings (SSSR count). The summed E-state index contributed by atoms with van der Waals surface area (Å²) in [5, 5.41) is 9.64. The monoisotopic (exact) mass is 400 g/mol. The first kappa shape index (κ1) is 16.9. The minimum Gasteiger partial charge on any atom is -0.486 e. The van der Waals surface area contributed by atoms with Gasteiger partial charge in [-0.15, -0.1) is 0 Å². The summed E-state index contributed by atoms with van der Waals surface area (Å²) in [6, 6.07) is 10.7. The normalized spacial score (nSPS) is 10.9. The van der Waals surface area contributed by atoms with Gasteiger partial charge in [-0.3, -0.25) is 0 Å². The number of ether oxygens (including phenoxy) is 1. The standard InChI is InChI=1S/C16H11BrCl2O3/c17-12-7-10(5-6-15(20)21)8-14(19)16(12)22-9-11-3-1-2-4-13(11)18/h1-8H,9H2,(H,20,21). The summed E-state index contributed by atoms with van der Waals surface area (Å²) in [5.41, 5.74) is 1.51. The van der Waals surface area contributed by atoms with E-state index in [4.69, 9.17) is 33.0 Å². The molecule has 0 bridgehead atoms. The molecule has 0 aromatic heterocycles. The maximum Gasteiger partial charge on any atom is 0.328 e. The zero-order valence-electron chi connectivity index (χ0n) is 11.2. The van der Waals surface area contributed by atoms with Crippen molar-refractivity contribution in [3.63, 3.8) is 0 Å². The highest BCUT2D eigenvalue weighted by Gasteiger charge is 2.10. The molecule has 0 unspecified atom stereocenters. The molecule has 0 aliphatic rings. The van der Waals surface area contributed by atoms with Gasteiger partial charge in [0.05, 0.1) is 9.50 Å². The van der Waals surface area contributed by atoms with Crippen molar-refractivity contribution in [1.82, 2.24) is 0 Å². The third kappa shape index (κ3) is 4.50. The molecule has 3 nitrogen and oxygen atoms in total. The van der Waals surface area contributed by atoms with Crippen molar-refractivity contribution in [2.24, 2.45) is 0 Å². The van der Waals surface area contributed by atoms with Crippen LogP contribution in [-0.4, -0.2) is 11.1 Å². The predicted octanol–water partition coefficient (Wildman–Crippen LogP) is 5.43. The average molecular weight is 402 g/mol. The van der Waals surface area contributed by atoms with E-state index in [-0.39, 0.29) is 6.61 Å². The Morgan fingerprint density at radius 1 is 1.23 bits per heavy atom. The molecular formula is C16H11BrCl2O3. The maximum atomic E-state index is 10.5. The highest BCUT2D eigenvalue weighted by atomic mass is 79.9. The molecule has 0 saturated heterocycles. The Morgan fingerprint density at radius 3 is 2.59 bits per heavy atom. The summed E-state index contributed by atoms with van der Waals surface area (Å²) in [5.74, 6) is -0.541. The first-order valence-electron chi connectivity index (χ1n) is 6.23. The van der Waals surface area contributed by atoms with Gasteiger partial charge in [0.25, 0.3) is 0 Å². The minimum absolute atomic E-state index is 0.280. The Morgan fingerprint density at radius 2 is 1.95 bits per heavy atom. The summed E-state index contributed by atoms with van der Waals surface area (Å²) in [4.78, 5) is 10.5. The quantitative estimate of drug-likeness (QED) is 0.679. The Hall–Kier alpha value is -1.49. The smallest absolute Gasteiger partial charge is 0.328 e. The molecule has 0 atom stereocenters. The van der Waals surface area contributed by atoms with Gasteiger partial charge in [0.1, 0.15) is 6.61 Å². The molecule has 0 saturated carbocycles. The molecule has 114 valence electrons. The van der Waals surface area contributed by atoms with Crippen LogP contribution in [0.25, 0.3) is 6.08 Å². The summed E-state index contributed by atoms with van der Waals surface area (Å²) < 4.78 is 6.35. The number of aliphatic carboxylic acids is 1. The Labute approximate surface area is 146 Å². The van der Waals surface area contributed by atoms with E-state index < -0.39 is 5.97 Å². The van der Waals surface area contributed by atoms with Crippen LogP contribution < -0.4 is 4.74 Å². The molecule has 0 fully saturated rings. The fourth-order valence-electron chi connectivity index (χ4n) is 1.75. The van der Waals surface area contributed by atoms with Crippen LogP contribution in [0.5, 0.6) is 5.75 Å². The lowest BCUT2D eigenvalue weighted by Gasteiger charge is -2.12. The molecule has 2 aromatic rings. The predicted molar refractivity (Wildman–Crippen MR) is 91.6 cm³/mol. The van der Waals surface area contributed by atoms with Crippen molar-refractivity contribution in [1.29, 1.82) is 0 Å². The van der Waals surface area contributed by atoms with Crippen LogP contribution in [0.1, 0.15) is 11.1 Å². The number of carboxylic acid groups (broad SMARTS) is 1. The molecule has 6 heteroatoms. The lowest BCUT2D eigenvalue weighted by Crippen LogP contribution is -1.98. The van der Waals surface area contributed by atoms with Crippen LogP contribution in [0.2, 0.25) is 10.0 Å². The number of benzene rings is 2. The molecule has 0 amide bonds. The van der Waals surface area contributed by atoms with E-state index in [0.29, 0.717) is 25.8 Å². The Bertz CT molecular complexity index is 706. The second-order valence-corrected chi connectivity index (χ2v) is 6.03. The third-order valence-electron chi connectivity index (χ3n) is 2.77. The molecule has 0 aliphatic carbocycles. The van der Waals surface area contributed by atoms with Crippen molar-refractivity contribution < 1.29 is 14.6 Å². The van der Waals surface area contributed by atoms with Crippen LogP contribution in [0.15, 0.2) is 46.9 Å². The summed E-state index contributed by atoms with van der Waals surface area (Å²) in [6.45, 7) is 0.280. The summed E-state index contributed by atoms with van der Waals surface area (Å²) in [6.07, 6.45) is 2.50. The zero-order valence-corrected chi connectivity index (χ0v) is 14.3. The van der Waals surface area contributed by atoms with E-state index in [1.807, 2.05) is 18.2 Å². The Kier molecular flexibility index (Phi) is 5.89. The van der Waals surface area contributed by atoms with Gasteiger partial charge in [0.15, 0.2) is 5.75 Å². The van der Waals surface area contributed by atoms with Gasteiger partial charge in [-0.05, 0) is 45.8 Å². The average Bonchev–Trinajstić information content (AvgIpc) is 2.46. The van der Waals surface area contributed by atoms with E-state index in [9.17, 15) is 4.79 Å². The number of hydrogen-bond donors (Lipinski definition) is 1. The van der Waals surface area contributed by atoms with E-state index in [1.165, 1.54) is 6.08 Å². The Balaban J connectivity index is 2.18. The summed E-state index contributed by atoms with van der Waals surface area (Å²) in [7, 11) is 0. The van der Waals surface area contributed by atoms with Crippen molar-refractivity contribution in [2.45, 2.75) is 6.61 Å². The van der Waals surface area contributed by atoms with Crippen LogP contribution in [0.4, 0.5) is 0 Å². The van der Waals surface area contributed by atoms with Gasteiger partial charge in [0.2, 0.25) is 0 Å². The molecule has 0 spiro atoms. The van der Waals surface area contributed by atoms with Gasteiger partial charge in [-0.2, -0.15) is 0 Å². The fraction of sp³-hybridized carbons (Fsp3) is 0.0625. The highest BCUT2D eigenvalue weighted by Crippen LogP contribution is 2.35. The molecule has 2 aromatic carbocycles. The van der Waals surface area contributed by atoms with E-state index in [1.54, 1.807) is 18.2 Å². The molecule has 22 heavy (non-hydrogen) atoms. The van der Waals surface area contributed by atoms with Crippen molar-refractivity contribution in [2.75, 3.05) is 0 Å². The van der Waals surface area contributed by atoms with Crippen LogP contribution >= 0.6 is 39.1 Å². The lowest BCUT2D eigenvalue weighted by atomic mass is 10.2. The number of carboxylic acids is 1. The van der Waals surface area contributed by atoms with Gasteiger partial charge < -0.3 is 9.84 Å². The van der Waals surface area contributed by atoms with Crippen molar-refractivity contribution >= 4 is 51.2 Å². The van der Waals surface area contributed by atoms with Crippen LogP contribution in [-0.2, 0) is 11.4 Å². The maximum absolute atomic E-state index is 10.5. The van der Waals surface area contributed by atoms with Gasteiger partial charge >= 0.3 is 5.97 Å². The highest BCUT2D eigenvalue weighted by molar-refractivity contribution is 9.10.